The first-order chi connectivity index (χ1) is 6.93. The van der Waals surface area contributed by atoms with Gasteiger partial charge in [-0.3, -0.25) is 0 Å². The van der Waals surface area contributed by atoms with E-state index in [0.29, 0.717) is 12.9 Å². The molecule has 0 spiro atoms. The lowest BCUT2D eigenvalue weighted by atomic mass is 10.2. The van der Waals surface area contributed by atoms with E-state index in [1.807, 2.05) is 17.8 Å². The van der Waals surface area contributed by atoms with Crippen molar-refractivity contribution in [1.82, 2.24) is 5.32 Å². The van der Waals surface area contributed by atoms with Crippen molar-refractivity contribution in [2.75, 3.05) is 38.0 Å². The van der Waals surface area contributed by atoms with E-state index in [1.165, 1.54) is 0 Å². The van der Waals surface area contributed by atoms with Crippen LogP contribution < -0.4 is 5.32 Å². The molecule has 1 saturated heterocycles. The van der Waals surface area contributed by atoms with Crippen LogP contribution in [-0.4, -0.2) is 44.1 Å². The summed E-state index contributed by atoms with van der Waals surface area (Å²) in [6, 6.07) is 0. The first-order valence-electron chi connectivity index (χ1n) is 5.02. The molecule has 1 atom stereocenters. The summed E-state index contributed by atoms with van der Waals surface area (Å²) in [6.45, 7) is 6.95. The Morgan fingerprint density at radius 2 is 2.50 bits per heavy atom. The highest BCUT2D eigenvalue weighted by Gasteiger charge is 2.12. The number of thioether (sulfide) groups is 1. The first-order valence-corrected chi connectivity index (χ1v) is 6.17. The summed E-state index contributed by atoms with van der Waals surface area (Å²) in [4.78, 5) is 0. The van der Waals surface area contributed by atoms with Crippen molar-refractivity contribution in [3.05, 3.63) is 12.7 Å². The molecule has 0 aromatic rings. The standard InChI is InChI=1S/C10H19NO2S/c1-2-6-14-7-4-11-8-10-3-5-12-9-13-10/h2,10-11H,1,3-9H2. The molecule has 1 N–H and O–H groups in total. The second-order valence-corrected chi connectivity index (χ2v) is 4.32. The van der Waals surface area contributed by atoms with Crippen LogP contribution in [0, 0.1) is 0 Å². The molecular weight excluding hydrogens is 198 g/mol. The van der Waals surface area contributed by atoms with Gasteiger partial charge in [-0.15, -0.1) is 6.58 Å². The Bertz CT molecular complexity index is 149. The van der Waals surface area contributed by atoms with Gasteiger partial charge < -0.3 is 14.8 Å². The quantitative estimate of drug-likeness (QED) is 0.514. The highest BCUT2D eigenvalue weighted by Crippen LogP contribution is 2.04. The minimum absolute atomic E-state index is 0.341. The summed E-state index contributed by atoms with van der Waals surface area (Å²) < 4.78 is 10.5. The Kier molecular flexibility index (Phi) is 7.13. The largest absolute Gasteiger partial charge is 0.355 e. The fourth-order valence-corrected chi connectivity index (χ4v) is 1.86. The Morgan fingerprint density at radius 1 is 1.57 bits per heavy atom. The van der Waals surface area contributed by atoms with E-state index in [1.54, 1.807) is 0 Å². The molecule has 0 saturated carbocycles. The van der Waals surface area contributed by atoms with Crippen LogP contribution in [0.1, 0.15) is 6.42 Å². The highest BCUT2D eigenvalue weighted by atomic mass is 32.2. The lowest BCUT2D eigenvalue weighted by Crippen LogP contribution is -2.34. The molecule has 1 aliphatic rings. The lowest BCUT2D eigenvalue weighted by Gasteiger charge is -2.22. The van der Waals surface area contributed by atoms with Crippen LogP contribution in [-0.2, 0) is 9.47 Å². The van der Waals surface area contributed by atoms with Gasteiger partial charge in [-0.1, -0.05) is 6.08 Å². The Balaban J connectivity index is 1.85. The molecule has 1 aliphatic heterocycles. The monoisotopic (exact) mass is 217 g/mol. The summed E-state index contributed by atoms with van der Waals surface area (Å²) in [6.07, 6.45) is 3.28. The second-order valence-electron chi connectivity index (χ2n) is 3.17. The summed E-state index contributed by atoms with van der Waals surface area (Å²) in [5, 5.41) is 3.38. The zero-order valence-electron chi connectivity index (χ0n) is 8.54. The SMILES string of the molecule is C=CCSCCNCC1CCOCO1. The number of rotatable bonds is 7. The van der Waals surface area contributed by atoms with Crippen LogP contribution in [0.15, 0.2) is 12.7 Å². The van der Waals surface area contributed by atoms with Gasteiger partial charge in [0.2, 0.25) is 0 Å². The van der Waals surface area contributed by atoms with E-state index in [9.17, 15) is 0 Å². The summed E-state index contributed by atoms with van der Waals surface area (Å²) in [5.41, 5.74) is 0. The maximum Gasteiger partial charge on any atom is 0.147 e. The van der Waals surface area contributed by atoms with Crippen molar-refractivity contribution in [2.24, 2.45) is 0 Å². The Hall–Kier alpha value is -0.0300. The van der Waals surface area contributed by atoms with Crippen LogP contribution in [0.5, 0.6) is 0 Å². The molecule has 0 aromatic carbocycles. The molecule has 1 heterocycles. The van der Waals surface area contributed by atoms with Gasteiger partial charge in [0.05, 0.1) is 12.7 Å². The fraction of sp³-hybridized carbons (Fsp3) is 0.800. The Labute approximate surface area is 90.2 Å². The minimum atomic E-state index is 0.341. The van der Waals surface area contributed by atoms with Gasteiger partial charge in [0, 0.05) is 24.6 Å². The van der Waals surface area contributed by atoms with Gasteiger partial charge >= 0.3 is 0 Å². The Morgan fingerprint density at radius 3 is 3.21 bits per heavy atom. The maximum atomic E-state index is 5.40. The lowest BCUT2D eigenvalue weighted by molar-refractivity contribution is -0.137. The van der Waals surface area contributed by atoms with E-state index in [2.05, 4.69) is 11.9 Å². The molecule has 3 nitrogen and oxygen atoms in total. The summed E-state index contributed by atoms with van der Waals surface area (Å²) in [5.74, 6) is 2.17. The van der Waals surface area contributed by atoms with E-state index in [-0.39, 0.29) is 0 Å². The summed E-state index contributed by atoms with van der Waals surface area (Å²) in [7, 11) is 0. The zero-order valence-corrected chi connectivity index (χ0v) is 9.35. The molecule has 4 heteroatoms. The molecule has 14 heavy (non-hydrogen) atoms. The number of hydrogen-bond acceptors (Lipinski definition) is 4. The number of hydrogen-bond donors (Lipinski definition) is 1. The van der Waals surface area contributed by atoms with Crippen LogP contribution in [0.4, 0.5) is 0 Å². The smallest absolute Gasteiger partial charge is 0.147 e. The highest BCUT2D eigenvalue weighted by molar-refractivity contribution is 7.99. The van der Waals surface area contributed by atoms with Crippen LogP contribution in [0.2, 0.25) is 0 Å². The molecular formula is C10H19NO2S. The number of ether oxygens (including phenoxy) is 2. The van der Waals surface area contributed by atoms with Crippen molar-refractivity contribution < 1.29 is 9.47 Å². The predicted molar refractivity (Wildman–Crippen MR) is 60.7 cm³/mol. The van der Waals surface area contributed by atoms with Crippen molar-refractivity contribution in [3.8, 4) is 0 Å². The average Bonchev–Trinajstić information content (AvgIpc) is 2.25. The van der Waals surface area contributed by atoms with Crippen molar-refractivity contribution in [2.45, 2.75) is 12.5 Å². The van der Waals surface area contributed by atoms with Crippen molar-refractivity contribution in [3.63, 3.8) is 0 Å². The predicted octanol–water partition coefficient (Wildman–Crippen LogP) is 1.26. The molecule has 0 amide bonds. The normalized spacial score (nSPS) is 22.1. The van der Waals surface area contributed by atoms with E-state index >= 15 is 0 Å². The van der Waals surface area contributed by atoms with Gasteiger partial charge in [-0.25, -0.2) is 0 Å². The van der Waals surface area contributed by atoms with Crippen LogP contribution in [0.25, 0.3) is 0 Å². The van der Waals surface area contributed by atoms with Crippen LogP contribution in [0.3, 0.4) is 0 Å². The average molecular weight is 217 g/mol. The van der Waals surface area contributed by atoms with Crippen molar-refractivity contribution >= 4 is 11.8 Å². The third-order valence-corrected chi connectivity index (χ3v) is 2.97. The van der Waals surface area contributed by atoms with Gasteiger partial charge in [-0.05, 0) is 6.42 Å². The van der Waals surface area contributed by atoms with Crippen LogP contribution >= 0.6 is 11.8 Å². The first kappa shape index (κ1) is 12.0. The van der Waals surface area contributed by atoms with Gasteiger partial charge in [0.1, 0.15) is 6.79 Å². The summed E-state index contributed by atoms with van der Waals surface area (Å²) >= 11 is 1.89. The molecule has 0 radical (unpaired) electrons. The zero-order chi connectivity index (χ0) is 10.1. The van der Waals surface area contributed by atoms with E-state index in [0.717, 1.165) is 37.6 Å². The van der Waals surface area contributed by atoms with Gasteiger partial charge in [-0.2, -0.15) is 11.8 Å². The third-order valence-electron chi connectivity index (χ3n) is 2.00. The minimum Gasteiger partial charge on any atom is -0.355 e. The molecule has 82 valence electrons. The van der Waals surface area contributed by atoms with Gasteiger partial charge in [0.25, 0.3) is 0 Å². The topological polar surface area (TPSA) is 30.5 Å². The second kappa shape index (κ2) is 8.29. The third kappa shape index (κ3) is 5.65. The van der Waals surface area contributed by atoms with Crippen molar-refractivity contribution in [1.29, 1.82) is 0 Å². The number of nitrogens with one attached hydrogen (secondary N) is 1. The molecule has 1 rings (SSSR count). The molecule has 0 aliphatic carbocycles. The van der Waals surface area contributed by atoms with E-state index < -0.39 is 0 Å². The molecule has 1 fully saturated rings. The fourth-order valence-electron chi connectivity index (χ4n) is 1.24. The molecule has 0 bridgehead atoms. The molecule has 0 aromatic heterocycles. The van der Waals surface area contributed by atoms with E-state index in [4.69, 9.17) is 9.47 Å². The van der Waals surface area contributed by atoms with Gasteiger partial charge in [0.15, 0.2) is 0 Å². The maximum absolute atomic E-state index is 5.40. The molecule has 1 unspecified atom stereocenters.